The van der Waals surface area contributed by atoms with Gasteiger partial charge in [-0.2, -0.15) is 0 Å². The van der Waals surface area contributed by atoms with Crippen molar-refractivity contribution >= 4 is 29.0 Å². The summed E-state index contributed by atoms with van der Waals surface area (Å²) >= 11 is 0. The number of hydrogen-bond acceptors (Lipinski definition) is 5. The number of carboxylic acids is 1. The molecule has 0 spiro atoms. The van der Waals surface area contributed by atoms with E-state index in [2.05, 4.69) is 20.6 Å². The van der Waals surface area contributed by atoms with Crippen molar-refractivity contribution in [3.8, 4) is 0 Å². The number of anilines is 4. The van der Waals surface area contributed by atoms with Crippen LogP contribution in [0.4, 0.5) is 23.0 Å². The molecule has 0 bridgehead atoms. The largest absolute Gasteiger partial charge is 0.478 e. The summed E-state index contributed by atoms with van der Waals surface area (Å²) in [7, 11) is 0. The van der Waals surface area contributed by atoms with Crippen molar-refractivity contribution < 1.29 is 9.90 Å². The highest BCUT2D eigenvalue weighted by Gasteiger charge is 2.10. The Balaban J connectivity index is 1.87. The Labute approximate surface area is 145 Å². The van der Waals surface area contributed by atoms with E-state index in [1.54, 1.807) is 30.3 Å². The average molecular weight is 334 g/mol. The second kappa shape index (κ2) is 7.00. The fourth-order valence-electron chi connectivity index (χ4n) is 2.55. The number of aromatic carboxylic acids is 1. The molecule has 0 amide bonds. The minimum atomic E-state index is -0.994. The van der Waals surface area contributed by atoms with Gasteiger partial charge in [-0.1, -0.05) is 30.3 Å². The molecule has 1 heterocycles. The standard InChI is InChI=1S/C19H18N4O2/c1-12-6-5-7-13(2)18(12)23-17-10-16(20-11-21-17)22-15-9-4-3-8-14(15)19(24)25/h3-11H,1-2H3,(H,24,25)(H2,20,21,22,23). The third-order valence-electron chi connectivity index (χ3n) is 3.82. The normalized spacial score (nSPS) is 10.3. The Bertz CT molecular complexity index is 905. The summed E-state index contributed by atoms with van der Waals surface area (Å²) < 4.78 is 0. The van der Waals surface area contributed by atoms with E-state index in [1.165, 1.54) is 6.33 Å². The quantitative estimate of drug-likeness (QED) is 0.645. The molecule has 2 aromatic carbocycles. The number of aryl methyl sites for hydroxylation is 2. The van der Waals surface area contributed by atoms with Crippen LogP contribution in [-0.4, -0.2) is 21.0 Å². The molecule has 1 aromatic heterocycles. The lowest BCUT2D eigenvalue weighted by molar-refractivity contribution is 0.0698. The first kappa shape index (κ1) is 16.4. The number of aromatic nitrogens is 2. The van der Waals surface area contributed by atoms with Gasteiger partial charge in [0.25, 0.3) is 0 Å². The van der Waals surface area contributed by atoms with Crippen LogP contribution in [0, 0.1) is 13.8 Å². The van der Waals surface area contributed by atoms with Gasteiger partial charge in [-0.3, -0.25) is 0 Å². The number of benzene rings is 2. The van der Waals surface area contributed by atoms with Crippen LogP contribution < -0.4 is 10.6 Å². The van der Waals surface area contributed by atoms with E-state index in [-0.39, 0.29) is 5.56 Å². The molecule has 3 rings (SSSR count). The van der Waals surface area contributed by atoms with Gasteiger partial charge < -0.3 is 15.7 Å². The molecular weight excluding hydrogens is 316 g/mol. The number of para-hydroxylation sites is 2. The summed E-state index contributed by atoms with van der Waals surface area (Å²) in [5, 5.41) is 15.6. The summed E-state index contributed by atoms with van der Waals surface area (Å²) in [5.41, 5.74) is 3.89. The van der Waals surface area contributed by atoms with Crippen LogP contribution in [0.25, 0.3) is 0 Å². The van der Waals surface area contributed by atoms with Crippen LogP contribution >= 0.6 is 0 Å². The van der Waals surface area contributed by atoms with E-state index >= 15 is 0 Å². The van der Waals surface area contributed by atoms with Crippen molar-refractivity contribution in [1.82, 2.24) is 9.97 Å². The minimum absolute atomic E-state index is 0.186. The Kier molecular flexibility index (Phi) is 4.61. The van der Waals surface area contributed by atoms with Crippen LogP contribution in [0.1, 0.15) is 21.5 Å². The maximum Gasteiger partial charge on any atom is 0.337 e. The van der Waals surface area contributed by atoms with E-state index in [4.69, 9.17) is 0 Å². The van der Waals surface area contributed by atoms with Crippen molar-refractivity contribution in [2.45, 2.75) is 13.8 Å². The van der Waals surface area contributed by atoms with Crippen molar-refractivity contribution in [1.29, 1.82) is 0 Å². The molecular formula is C19H18N4O2. The summed E-state index contributed by atoms with van der Waals surface area (Å²) in [5.74, 6) is 0.145. The molecule has 126 valence electrons. The van der Waals surface area contributed by atoms with Crippen molar-refractivity contribution in [2.24, 2.45) is 0 Å². The first-order chi connectivity index (χ1) is 12.0. The summed E-state index contributed by atoms with van der Waals surface area (Å²) in [6.45, 7) is 4.05. The molecule has 0 aliphatic carbocycles. The zero-order valence-electron chi connectivity index (χ0n) is 13.9. The van der Waals surface area contributed by atoms with Gasteiger partial charge in [0.15, 0.2) is 0 Å². The highest BCUT2D eigenvalue weighted by molar-refractivity contribution is 5.95. The van der Waals surface area contributed by atoms with E-state index in [9.17, 15) is 9.90 Å². The van der Waals surface area contributed by atoms with Gasteiger partial charge in [-0.05, 0) is 37.1 Å². The van der Waals surface area contributed by atoms with Gasteiger partial charge in [0, 0.05) is 11.8 Å². The number of nitrogens with zero attached hydrogens (tertiary/aromatic N) is 2. The molecule has 0 aliphatic rings. The predicted molar refractivity (Wildman–Crippen MR) is 97.9 cm³/mol. The van der Waals surface area contributed by atoms with Gasteiger partial charge in [-0.25, -0.2) is 14.8 Å². The molecule has 25 heavy (non-hydrogen) atoms. The molecule has 0 saturated heterocycles. The molecule has 3 aromatic rings. The van der Waals surface area contributed by atoms with Crippen LogP contribution in [0.5, 0.6) is 0 Å². The Morgan fingerprint density at radius 1 is 0.920 bits per heavy atom. The first-order valence-electron chi connectivity index (χ1n) is 7.79. The highest BCUT2D eigenvalue weighted by Crippen LogP contribution is 2.25. The maximum absolute atomic E-state index is 11.3. The van der Waals surface area contributed by atoms with Gasteiger partial charge in [0.05, 0.1) is 11.3 Å². The summed E-state index contributed by atoms with van der Waals surface area (Å²) in [4.78, 5) is 19.7. The topological polar surface area (TPSA) is 87.1 Å². The Hall–Kier alpha value is -3.41. The van der Waals surface area contributed by atoms with Crippen molar-refractivity contribution in [3.63, 3.8) is 0 Å². The summed E-state index contributed by atoms with van der Waals surface area (Å²) in [6, 6.07) is 14.5. The van der Waals surface area contributed by atoms with Gasteiger partial charge in [-0.15, -0.1) is 0 Å². The predicted octanol–water partition coefficient (Wildman–Crippen LogP) is 4.28. The van der Waals surface area contributed by atoms with Crippen LogP contribution in [-0.2, 0) is 0 Å². The second-order valence-corrected chi connectivity index (χ2v) is 5.66. The molecule has 0 saturated carbocycles. The Morgan fingerprint density at radius 2 is 1.56 bits per heavy atom. The lowest BCUT2D eigenvalue weighted by Crippen LogP contribution is -2.04. The lowest BCUT2D eigenvalue weighted by atomic mass is 10.1. The number of rotatable bonds is 5. The average Bonchev–Trinajstić information content (AvgIpc) is 2.59. The van der Waals surface area contributed by atoms with Crippen LogP contribution in [0.3, 0.4) is 0 Å². The molecule has 0 atom stereocenters. The molecule has 6 heteroatoms. The third-order valence-corrected chi connectivity index (χ3v) is 3.82. The smallest absolute Gasteiger partial charge is 0.337 e. The van der Waals surface area contributed by atoms with E-state index in [0.717, 1.165) is 16.8 Å². The number of carboxylic acid groups (broad SMARTS) is 1. The fraction of sp³-hybridized carbons (Fsp3) is 0.105. The maximum atomic E-state index is 11.3. The van der Waals surface area contributed by atoms with Crippen LogP contribution in [0.15, 0.2) is 54.9 Å². The Morgan fingerprint density at radius 3 is 2.24 bits per heavy atom. The monoisotopic (exact) mass is 334 g/mol. The summed E-state index contributed by atoms with van der Waals surface area (Å²) in [6.07, 6.45) is 1.43. The number of nitrogens with one attached hydrogen (secondary N) is 2. The number of hydrogen-bond donors (Lipinski definition) is 3. The van der Waals surface area contributed by atoms with Crippen LogP contribution in [0.2, 0.25) is 0 Å². The third kappa shape index (κ3) is 3.74. The first-order valence-corrected chi connectivity index (χ1v) is 7.79. The zero-order chi connectivity index (χ0) is 17.8. The molecule has 0 radical (unpaired) electrons. The van der Waals surface area contributed by atoms with Gasteiger partial charge in [0.1, 0.15) is 18.0 Å². The van der Waals surface area contributed by atoms with Gasteiger partial charge in [0.2, 0.25) is 0 Å². The molecule has 0 aliphatic heterocycles. The molecule has 3 N–H and O–H groups in total. The molecule has 6 nitrogen and oxygen atoms in total. The molecule has 0 fully saturated rings. The van der Waals surface area contributed by atoms with E-state index in [0.29, 0.717) is 17.3 Å². The lowest BCUT2D eigenvalue weighted by Gasteiger charge is -2.13. The second-order valence-electron chi connectivity index (χ2n) is 5.66. The zero-order valence-corrected chi connectivity index (χ0v) is 13.9. The fourth-order valence-corrected chi connectivity index (χ4v) is 2.55. The highest BCUT2D eigenvalue weighted by atomic mass is 16.4. The van der Waals surface area contributed by atoms with E-state index < -0.39 is 5.97 Å². The van der Waals surface area contributed by atoms with Gasteiger partial charge >= 0.3 is 5.97 Å². The molecule has 0 unspecified atom stereocenters. The van der Waals surface area contributed by atoms with E-state index in [1.807, 2.05) is 32.0 Å². The minimum Gasteiger partial charge on any atom is -0.478 e. The number of carbonyl (C=O) groups is 1. The van der Waals surface area contributed by atoms with Crippen molar-refractivity contribution in [3.05, 3.63) is 71.5 Å². The van der Waals surface area contributed by atoms with Crippen molar-refractivity contribution in [2.75, 3.05) is 10.6 Å². The SMILES string of the molecule is Cc1cccc(C)c1Nc1cc(Nc2ccccc2C(=O)O)ncn1.